The van der Waals surface area contributed by atoms with Crippen molar-refractivity contribution in [2.75, 3.05) is 0 Å². The highest BCUT2D eigenvalue weighted by molar-refractivity contribution is 7.89. The van der Waals surface area contributed by atoms with Crippen molar-refractivity contribution >= 4 is 16.0 Å². The summed E-state index contributed by atoms with van der Waals surface area (Å²) < 4.78 is 28.3. The molecule has 1 heterocycles. The third kappa shape index (κ3) is 3.74. The molecule has 0 aliphatic rings. The van der Waals surface area contributed by atoms with E-state index in [1.165, 1.54) is 24.5 Å². The summed E-state index contributed by atoms with van der Waals surface area (Å²) in [6.45, 7) is -0.0736. The molecule has 21 heavy (non-hydrogen) atoms. The van der Waals surface area contributed by atoms with E-state index in [2.05, 4.69) is 9.97 Å². The average Bonchev–Trinajstić information content (AvgIpc) is 2.45. The van der Waals surface area contributed by atoms with Gasteiger partial charge >= 0.3 is 5.97 Å². The monoisotopic (exact) mass is 309 g/mol. The van der Waals surface area contributed by atoms with Gasteiger partial charge in [0.1, 0.15) is 17.3 Å². The van der Waals surface area contributed by atoms with Crippen molar-refractivity contribution in [1.29, 1.82) is 0 Å². The number of aromatic nitrogens is 2. The number of hydrogen-bond acceptors (Lipinski definition) is 6. The van der Waals surface area contributed by atoms with Crippen LogP contribution in [0.2, 0.25) is 0 Å². The summed E-state index contributed by atoms with van der Waals surface area (Å²) in [6.07, 6.45) is 3.03. The van der Waals surface area contributed by atoms with Gasteiger partial charge < -0.3 is 9.84 Å². The predicted molar refractivity (Wildman–Crippen MR) is 71.1 cm³/mol. The van der Waals surface area contributed by atoms with Crippen LogP contribution in [0.3, 0.4) is 0 Å². The highest BCUT2D eigenvalue weighted by atomic mass is 32.2. The van der Waals surface area contributed by atoms with Crippen LogP contribution in [0.15, 0.2) is 41.6 Å². The molecule has 0 amide bonds. The van der Waals surface area contributed by atoms with Crippen LogP contribution in [0.5, 0.6) is 5.75 Å². The van der Waals surface area contributed by atoms with Gasteiger partial charge in [-0.1, -0.05) is 0 Å². The molecule has 2 rings (SSSR count). The zero-order chi connectivity index (χ0) is 15.5. The molecule has 3 N–H and O–H groups in total. The summed E-state index contributed by atoms with van der Waals surface area (Å²) in [6, 6.07) is 5.02. The van der Waals surface area contributed by atoms with Gasteiger partial charge in [-0.3, -0.25) is 0 Å². The Labute approximate surface area is 120 Å². The molecule has 2 aromatic rings. The van der Waals surface area contributed by atoms with Crippen LogP contribution in [0.4, 0.5) is 0 Å². The van der Waals surface area contributed by atoms with Crippen LogP contribution < -0.4 is 9.88 Å². The lowest BCUT2D eigenvalue weighted by molar-refractivity contribution is 0.0696. The molecule has 110 valence electrons. The maximum absolute atomic E-state index is 11.5. The van der Waals surface area contributed by atoms with Crippen LogP contribution in [-0.4, -0.2) is 29.5 Å². The van der Waals surface area contributed by atoms with Crippen molar-refractivity contribution in [1.82, 2.24) is 9.97 Å². The first-order valence-electron chi connectivity index (χ1n) is 5.67. The zero-order valence-corrected chi connectivity index (χ0v) is 11.4. The SMILES string of the molecule is NS(=O)(=O)c1cc(C(=O)O)ccc1OCc1ncccn1. The van der Waals surface area contributed by atoms with Gasteiger partial charge in [-0.2, -0.15) is 0 Å². The van der Waals surface area contributed by atoms with Crippen LogP contribution in [0, 0.1) is 0 Å². The number of nitrogens with two attached hydrogens (primary N) is 1. The summed E-state index contributed by atoms with van der Waals surface area (Å²) in [4.78, 5) is 18.3. The number of sulfonamides is 1. The Morgan fingerprint density at radius 2 is 1.95 bits per heavy atom. The number of ether oxygens (including phenoxy) is 1. The molecule has 1 aromatic heterocycles. The van der Waals surface area contributed by atoms with Crippen molar-refractivity contribution in [3.05, 3.63) is 48.0 Å². The molecule has 1 aromatic carbocycles. The highest BCUT2D eigenvalue weighted by Crippen LogP contribution is 2.24. The fourth-order valence-corrected chi connectivity index (χ4v) is 2.23. The highest BCUT2D eigenvalue weighted by Gasteiger charge is 2.18. The number of aromatic carboxylic acids is 1. The van der Waals surface area contributed by atoms with Gasteiger partial charge in [0.15, 0.2) is 5.82 Å². The van der Waals surface area contributed by atoms with Crippen molar-refractivity contribution in [2.45, 2.75) is 11.5 Å². The summed E-state index contributed by atoms with van der Waals surface area (Å²) in [5, 5.41) is 13.9. The standard InChI is InChI=1S/C12H11N3O5S/c13-21(18,19)10-6-8(12(16)17)2-3-9(10)20-7-11-14-4-1-5-15-11/h1-6H,7H2,(H,16,17)(H2,13,18,19). The van der Waals surface area contributed by atoms with Crippen molar-refractivity contribution in [3.63, 3.8) is 0 Å². The van der Waals surface area contributed by atoms with E-state index in [0.717, 1.165) is 6.07 Å². The maximum atomic E-state index is 11.5. The minimum Gasteiger partial charge on any atom is -0.484 e. The van der Waals surface area contributed by atoms with Gasteiger partial charge in [0, 0.05) is 12.4 Å². The Hall–Kier alpha value is -2.52. The number of carboxylic acids is 1. The van der Waals surface area contributed by atoms with Gasteiger partial charge in [-0.05, 0) is 24.3 Å². The average molecular weight is 309 g/mol. The zero-order valence-electron chi connectivity index (χ0n) is 10.6. The molecule has 0 saturated carbocycles. The molecular formula is C12H11N3O5S. The molecule has 0 aliphatic carbocycles. The number of nitrogens with zero attached hydrogens (tertiary/aromatic N) is 2. The van der Waals surface area contributed by atoms with E-state index in [4.69, 9.17) is 15.0 Å². The van der Waals surface area contributed by atoms with E-state index in [1.807, 2.05) is 0 Å². The molecule has 0 saturated heterocycles. The third-order valence-electron chi connectivity index (χ3n) is 2.47. The number of carboxylic acid groups (broad SMARTS) is 1. The third-order valence-corrected chi connectivity index (χ3v) is 3.41. The second kappa shape index (κ2) is 5.85. The fraction of sp³-hybridized carbons (Fsp3) is 0.0833. The minimum atomic E-state index is -4.12. The van der Waals surface area contributed by atoms with Crippen LogP contribution in [-0.2, 0) is 16.6 Å². The van der Waals surface area contributed by atoms with Crippen molar-refractivity contribution in [2.24, 2.45) is 5.14 Å². The van der Waals surface area contributed by atoms with Crippen LogP contribution >= 0.6 is 0 Å². The molecular weight excluding hydrogens is 298 g/mol. The topological polar surface area (TPSA) is 132 Å². The smallest absolute Gasteiger partial charge is 0.335 e. The first-order valence-corrected chi connectivity index (χ1v) is 7.21. The van der Waals surface area contributed by atoms with E-state index in [1.54, 1.807) is 6.07 Å². The largest absolute Gasteiger partial charge is 0.484 e. The molecule has 0 radical (unpaired) electrons. The summed E-state index contributed by atoms with van der Waals surface area (Å²) in [5.41, 5.74) is -0.206. The van der Waals surface area contributed by atoms with Gasteiger partial charge in [0.2, 0.25) is 10.0 Å². The Kier molecular flexibility index (Phi) is 4.15. The first-order chi connectivity index (χ1) is 9.88. The van der Waals surface area contributed by atoms with E-state index in [0.29, 0.717) is 5.82 Å². The molecule has 0 unspecified atom stereocenters. The predicted octanol–water partition coefficient (Wildman–Crippen LogP) is 0.401. The lowest BCUT2D eigenvalue weighted by Crippen LogP contribution is -2.15. The Balaban J connectivity index is 2.33. The quantitative estimate of drug-likeness (QED) is 0.816. The number of primary sulfonamides is 1. The molecule has 0 bridgehead atoms. The second-order valence-corrected chi connectivity index (χ2v) is 5.50. The van der Waals surface area contributed by atoms with E-state index in [9.17, 15) is 13.2 Å². The second-order valence-electron chi connectivity index (χ2n) is 3.97. The van der Waals surface area contributed by atoms with Gasteiger partial charge in [0.05, 0.1) is 5.56 Å². The molecule has 9 heteroatoms. The molecule has 0 aliphatic heterocycles. The van der Waals surface area contributed by atoms with Crippen molar-refractivity contribution in [3.8, 4) is 5.75 Å². The van der Waals surface area contributed by atoms with Crippen LogP contribution in [0.1, 0.15) is 16.2 Å². The summed E-state index contributed by atoms with van der Waals surface area (Å²) >= 11 is 0. The number of benzene rings is 1. The molecule has 0 fully saturated rings. The van der Waals surface area contributed by atoms with Gasteiger partial charge in [0.25, 0.3) is 0 Å². The number of carbonyl (C=O) groups is 1. The minimum absolute atomic E-state index is 0.0602. The van der Waals surface area contributed by atoms with Gasteiger partial charge in [-0.15, -0.1) is 0 Å². The lowest BCUT2D eigenvalue weighted by Gasteiger charge is -2.10. The lowest BCUT2D eigenvalue weighted by atomic mass is 10.2. The van der Waals surface area contributed by atoms with E-state index >= 15 is 0 Å². The Morgan fingerprint density at radius 3 is 2.52 bits per heavy atom. The first kappa shape index (κ1) is 14.9. The Bertz CT molecular complexity index is 762. The molecule has 8 nitrogen and oxygen atoms in total. The van der Waals surface area contributed by atoms with E-state index < -0.39 is 20.9 Å². The maximum Gasteiger partial charge on any atom is 0.335 e. The van der Waals surface area contributed by atoms with Crippen molar-refractivity contribution < 1.29 is 23.1 Å². The normalized spacial score (nSPS) is 11.1. The van der Waals surface area contributed by atoms with E-state index in [-0.39, 0.29) is 17.9 Å². The Morgan fingerprint density at radius 1 is 1.29 bits per heavy atom. The molecule has 0 atom stereocenters. The summed E-state index contributed by atoms with van der Waals surface area (Å²) in [7, 11) is -4.12. The number of hydrogen-bond donors (Lipinski definition) is 2. The van der Waals surface area contributed by atoms with Gasteiger partial charge in [-0.25, -0.2) is 28.3 Å². The van der Waals surface area contributed by atoms with Crippen LogP contribution in [0.25, 0.3) is 0 Å². The molecule has 0 spiro atoms. The number of rotatable bonds is 5. The fourth-order valence-electron chi connectivity index (χ4n) is 1.53. The summed E-state index contributed by atoms with van der Waals surface area (Å²) in [5.74, 6) is -0.979.